The van der Waals surface area contributed by atoms with Gasteiger partial charge in [-0.15, -0.1) is 17.0 Å². The molecule has 0 heterocycles. The Bertz CT molecular complexity index is 191. The van der Waals surface area contributed by atoms with Gasteiger partial charge < -0.3 is 5.11 Å². The minimum Gasteiger partial charge on any atom is -0.388 e. The van der Waals surface area contributed by atoms with E-state index in [1.54, 1.807) is 0 Å². The average Bonchev–Trinajstić information content (AvgIpc) is 2.21. The topological polar surface area (TPSA) is 20.2 Å². The second-order valence-electron chi connectivity index (χ2n) is 2.33. The molecule has 1 nitrogen and oxygen atoms in total. The van der Waals surface area contributed by atoms with Gasteiger partial charge >= 0.3 is 0 Å². The molecule has 76 valence electrons. The van der Waals surface area contributed by atoms with E-state index < -0.39 is 0 Å². The summed E-state index contributed by atoms with van der Waals surface area (Å²) in [5.41, 5.74) is 1.00. The molecular formula is C10H16BrFO. The van der Waals surface area contributed by atoms with Gasteiger partial charge in [0.2, 0.25) is 0 Å². The Balaban J connectivity index is 0. The lowest BCUT2D eigenvalue weighted by molar-refractivity contribution is 0.173. The first-order chi connectivity index (χ1) is 5.84. The second kappa shape index (κ2) is 9.68. The van der Waals surface area contributed by atoms with Crippen molar-refractivity contribution in [1.29, 1.82) is 0 Å². The Labute approximate surface area is 89.4 Å². The van der Waals surface area contributed by atoms with Gasteiger partial charge in [0, 0.05) is 0 Å². The molecule has 0 bridgehead atoms. The summed E-state index contributed by atoms with van der Waals surface area (Å²) < 4.78 is 9.50. The van der Waals surface area contributed by atoms with E-state index in [1.807, 2.05) is 37.3 Å². The van der Waals surface area contributed by atoms with Crippen LogP contribution in [0.4, 0.5) is 4.39 Å². The van der Waals surface area contributed by atoms with E-state index in [9.17, 15) is 9.50 Å². The number of alkyl halides is 1. The van der Waals surface area contributed by atoms with Crippen molar-refractivity contribution in [3.8, 4) is 0 Å². The van der Waals surface area contributed by atoms with Crippen LogP contribution in [0.15, 0.2) is 30.3 Å². The van der Waals surface area contributed by atoms with Gasteiger partial charge in [0.25, 0.3) is 0 Å². The summed E-state index contributed by atoms with van der Waals surface area (Å²) in [6.45, 7) is 1.97. The van der Waals surface area contributed by atoms with Crippen molar-refractivity contribution in [3.63, 3.8) is 0 Å². The first-order valence-corrected chi connectivity index (χ1v) is 3.95. The maximum absolute atomic E-state index is 9.50. The zero-order valence-electron chi connectivity index (χ0n) is 7.90. The standard InChI is InChI=1S/C9H12O.CH3F.BrH/c1-2-9(10)8-6-4-3-5-7-8;1-2;/h3-7,9-10H,2H2,1H3;1H3;1H. The number of hydrogen-bond acceptors (Lipinski definition) is 1. The Hall–Kier alpha value is -0.410. The van der Waals surface area contributed by atoms with E-state index in [0.29, 0.717) is 7.18 Å². The van der Waals surface area contributed by atoms with Crippen molar-refractivity contribution in [3.05, 3.63) is 35.9 Å². The van der Waals surface area contributed by atoms with Gasteiger partial charge in [0.1, 0.15) is 0 Å². The van der Waals surface area contributed by atoms with E-state index in [2.05, 4.69) is 0 Å². The molecule has 0 fully saturated rings. The molecule has 3 heteroatoms. The number of hydrogen-bond donors (Lipinski definition) is 1. The number of aliphatic hydroxyl groups excluding tert-OH is 1. The van der Waals surface area contributed by atoms with Crippen molar-refractivity contribution in [2.75, 3.05) is 7.18 Å². The molecule has 1 N–H and O–H groups in total. The van der Waals surface area contributed by atoms with Crippen LogP contribution in [0.2, 0.25) is 0 Å². The van der Waals surface area contributed by atoms with Gasteiger partial charge in [-0.3, -0.25) is 4.39 Å². The van der Waals surface area contributed by atoms with E-state index >= 15 is 0 Å². The Morgan fingerprint density at radius 2 is 1.69 bits per heavy atom. The normalized spacial score (nSPS) is 10.5. The lowest BCUT2D eigenvalue weighted by atomic mass is 10.1. The third kappa shape index (κ3) is 5.77. The summed E-state index contributed by atoms with van der Waals surface area (Å²) in [5.74, 6) is 0. The lowest BCUT2D eigenvalue weighted by Gasteiger charge is -2.05. The fraction of sp³-hybridized carbons (Fsp3) is 0.400. The summed E-state index contributed by atoms with van der Waals surface area (Å²) >= 11 is 0. The van der Waals surface area contributed by atoms with Crippen molar-refractivity contribution in [2.45, 2.75) is 19.4 Å². The first-order valence-electron chi connectivity index (χ1n) is 3.95. The van der Waals surface area contributed by atoms with E-state index in [-0.39, 0.29) is 23.1 Å². The van der Waals surface area contributed by atoms with Crippen molar-refractivity contribution in [2.24, 2.45) is 0 Å². The van der Waals surface area contributed by atoms with Gasteiger partial charge in [-0.2, -0.15) is 0 Å². The highest BCUT2D eigenvalue weighted by Crippen LogP contribution is 2.14. The Morgan fingerprint density at radius 1 is 1.23 bits per heavy atom. The number of benzene rings is 1. The first kappa shape index (κ1) is 15.1. The van der Waals surface area contributed by atoms with Crippen molar-refractivity contribution >= 4 is 17.0 Å². The van der Waals surface area contributed by atoms with Crippen LogP contribution in [-0.2, 0) is 0 Å². The summed E-state index contributed by atoms with van der Waals surface area (Å²) in [4.78, 5) is 0. The maximum Gasteiger partial charge on any atom is 0.0787 e. The van der Waals surface area contributed by atoms with Crippen LogP contribution in [0.25, 0.3) is 0 Å². The van der Waals surface area contributed by atoms with Crippen molar-refractivity contribution < 1.29 is 9.50 Å². The van der Waals surface area contributed by atoms with Gasteiger partial charge in [-0.25, -0.2) is 0 Å². The zero-order valence-corrected chi connectivity index (χ0v) is 9.62. The molecule has 0 radical (unpaired) electrons. The summed E-state index contributed by atoms with van der Waals surface area (Å²) in [5, 5.41) is 9.33. The quantitative estimate of drug-likeness (QED) is 0.855. The molecule has 0 saturated heterocycles. The average molecular weight is 251 g/mol. The third-order valence-corrected chi connectivity index (χ3v) is 1.57. The molecule has 0 aliphatic rings. The molecular weight excluding hydrogens is 235 g/mol. The van der Waals surface area contributed by atoms with Crippen LogP contribution in [-0.4, -0.2) is 12.3 Å². The highest BCUT2D eigenvalue weighted by molar-refractivity contribution is 8.93. The van der Waals surface area contributed by atoms with Crippen LogP contribution >= 0.6 is 17.0 Å². The lowest BCUT2D eigenvalue weighted by Crippen LogP contribution is -1.93. The summed E-state index contributed by atoms with van der Waals surface area (Å²) in [6.07, 6.45) is 0.491. The van der Waals surface area contributed by atoms with Crippen LogP contribution in [0.5, 0.6) is 0 Å². The highest BCUT2D eigenvalue weighted by atomic mass is 79.9. The van der Waals surface area contributed by atoms with E-state index in [4.69, 9.17) is 0 Å². The van der Waals surface area contributed by atoms with Crippen LogP contribution in [0.1, 0.15) is 25.0 Å². The fourth-order valence-electron chi connectivity index (χ4n) is 0.911. The minimum absolute atomic E-state index is 0. The number of aliphatic hydroxyl groups is 1. The molecule has 0 saturated carbocycles. The summed E-state index contributed by atoms with van der Waals surface area (Å²) in [6, 6.07) is 9.70. The minimum atomic E-state index is -0.291. The number of halogens is 2. The monoisotopic (exact) mass is 250 g/mol. The predicted molar refractivity (Wildman–Crippen MR) is 59.0 cm³/mol. The van der Waals surface area contributed by atoms with E-state index in [0.717, 1.165) is 12.0 Å². The largest absolute Gasteiger partial charge is 0.388 e. The van der Waals surface area contributed by atoms with Crippen molar-refractivity contribution in [1.82, 2.24) is 0 Å². The van der Waals surface area contributed by atoms with Crippen LogP contribution in [0, 0.1) is 0 Å². The molecule has 1 aromatic carbocycles. The third-order valence-electron chi connectivity index (χ3n) is 1.57. The molecule has 0 aliphatic heterocycles. The second-order valence-corrected chi connectivity index (χ2v) is 2.33. The molecule has 1 atom stereocenters. The maximum atomic E-state index is 9.50. The molecule has 0 spiro atoms. The Kier molecular flexibility index (Phi) is 11.2. The SMILES string of the molecule is Br.CCC(O)c1ccccc1.CF. The molecule has 1 rings (SSSR count). The smallest absolute Gasteiger partial charge is 0.0787 e. The van der Waals surface area contributed by atoms with E-state index in [1.165, 1.54) is 0 Å². The predicted octanol–water partition coefficient (Wildman–Crippen LogP) is 3.29. The Morgan fingerprint density at radius 3 is 2.08 bits per heavy atom. The molecule has 0 aromatic heterocycles. The molecule has 13 heavy (non-hydrogen) atoms. The molecule has 0 aliphatic carbocycles. The molecule has 0 amide bonds. The zero-order chi connectivity index (χ0) is 9.40. The molecule has 1 aromatic rings. The highest BCUT2D eigenvalue weighted by Gasteiger charge is 2.00. The van der Waals surface area contributed by atoms with Gasteiger partial charge in [0.15, 0.2) is 0 Å². The van der Waals surface area contributed by atoms with Crippen LogP contribution < -0.4 is 0 Å². The molecule has 1 unspecified atom stereocenters. The fourth-order valence-corrected chi connectivity index (χ4v) is 0.911. The summed E-state index contributed by atoms with van der Waals surface area (Å²) in [7, 11) is 0.500. The van der Waals surface area contributed by atoms with Gasteiger partial charge in [-0.05, 0) is 12.0 Å². The van der Waals surface area contributed by atoms with Gasteiger partial charge in [0.05, 0.1) is 13.3 Å². The van der Waals surface area contributed by atoms with Crippen LogP contribution in [0.3, 0.4) is 0 Å². The van der Waals surface area contributed by atoms with Gasteiger partial charge in [-0.1, -0.05) is 37.3 Å². The number of rotatable bonds is 2.